The Morgan fingerprint density at radius 1 is 1.11 bits per heavy atom. The van der Waals surface area contributed by atoms with Crippen LogP contribution >= 0.6 is 0 Å². The summed E-state index contributed by atoms with van der Waals surface area (Å²) in [7, 11) is 0. The molecule has 4 rings (SSSR count). The number of nitro benzene ring substituents is 1. The van der Waals surface area contributed by atoms with Crippen LogP contribution in [0.5, 0.6) is 0 Å². The molecule has 2 heterocycles. The summed E-state index contributed by atoms with van der Waals surface area (Å²) in [6.45, 7) is -0.344. The lowest BCUT2D eigenvalue weighted by Gasteiger charge is -2.07. The van der Waals surface area contributed by atoms with Crippen LogP contribution in [0.3, 0.4) is 0 Å². The van der Waals surface area contributed by atoms with Crippen LogP contribution in [0.4, 0.5) is 10.1 Å². The van der Waals surface area contributed by atoms with Gasteiger partial charge in [-0.15, -0.1) is 5.10 Å². The van der Waals surface area contributed by atoms with Crippen molar-refractivity contribution in [1.82, 2.24) is 24.5 Å². The van der Waals surface area contributed by atoms with Crippen molar-refractivity contribution in [2.24, 2.45) is 0 Å². The SMILES string of the molecule is O=c1c2nnn(-c3ccccc3)c2ncn1Cc1c(F)cccc1[N+](=O)[O-]. The molecule has 0 aliphatic heterocycles. The first-order valence-corrected chi connectivity index (χ1v) is 7.84. The van der Waals surface area contributed by atoms with Gasteiger partial charge in [0.2, 0.25) is 0 Å². The summed E-state index contributed by atoms with van der Waals surface area (Å²) >= 11 is 0. The fourth-order valence-corrected chi connectivity index (χ4v) is 2.74. The van der Waals surface area contributed by atoms with E-state index in [4.69, 9.17) is 0 Å². The lowest BCUT2D eigenvalue weighted by atomic mass is 10.1. The molecule has 27 heavy (non-hydrogen) atoms. The van der Waals surface area contributed by atoms with E-state index < -0.39 is 22.0 Å². The summed E-state index contributed by atoms with van der Waals surface area (Å²) in [5, 5.41) is 18.9. The van der Waals surface area contributed by atoms with Gasteiger partial charge in [0.1, 0.15) is 12.1 Å². The first kappa shape index (κ1) is 16.5. The van der Waals surface area contributed by atoms with Gasteiger partial charge in [-0.1, -0.05) is 29.5 Å². The summed E-state index contributed by atoms with van der Waals surface area (Å²) in [6.07, 6.45) is 1.20. The van der Waals surface area contributed by atoms with Crippen molar-refractivity contribution in [3.63, 3.8) is 0 Å². The van der Waals surface area contributed by atoms with E-state index in [0.717, 1.165) is 10.6 Å². The zero-order chi connectivity index (χ0) is 19.0. The molecule has 0 aliphatic rings. The number of nitrogens with zero attached hydrogens (tertiary/aromatic N) is 6. The molecule has 2 aromatic carbocycles. The summed E-state index contributed by atoms with van der Waals surface area (Å²) in [5.41, 5.74) is -0.281. The van der Waals surface area contributed by atoms with Crippen molar-refractivity contribution < 1.29 is 9.31 Å². The molecule has 0 fully saturated rings. The van der Waals surface area contributed by atoms with Crippen molar-refractivity contribution in [2.45, 2.75) is 6.54 Å². The maximum Gasteiger partial charge on any atom is 0.283 e. The Kier molecular flexibility index (Phi) is 3.92. The lowest BCUT2D eigenvalue weighted by molar-refractivity contribution is -0.385. The molecule has 0 atom stereocenters. The van der Waals surface area contributed by atoms with Gasteiger partial charge in [-0.3, -0.25) is 19.5 Å². The molecular formula is C17H11FN6O3. The van der Waals surface area contributed by atoms with E-state index in [2.05, 4.69) is 15.3 Å². The Morgan fingerprint density at radius 3 is 2.63 bits per heavy atom. The van der Waals surface area contributed by atoms with Gasteiger partial charge in [0, 0.05) is 6.07 Å². The second-order valence-corrected chi connectivity index (χ2v) is 5.68. The van der Waals surface area contributed by atoms with E-state index in [1.54, 1.807) is 24.3 Å². The summed E-state index contributed by atoms with van der Waals surface area (Å²) < 4.78 is 16.6. The third kappa shape index (κ3) is 2.82. The number of para-hydroxylation sites is 1. The number of aromatic nitrogens is 5. The topological polar surface area (TPSA) is 109 Å². The monoisotopic (exact) mass is 366 g/mol. The predicted octanol–water partition coefficient (Wildman–Crippen LogP) is 2.07. The average molecular weight is 366 g/mol. The van der Waals surface area contributed by atoms with E-state index >= 15 is 0 Å². The summed E-state index contributed by atoms with van der Waals surface area (Å²) in [6, 6.07) is 12.5. The number of halogens is 1. The molecule has 0 bridgehead atoms. The highest BCUT2D eigenvalue weighted by Gasteiger charge is 2.20. The van der Waals surface area contributed by atoms with Gasteiger partial charge in [0.15, 0.2) is 11.2 Å². The van der Waals surface area contributed by atoms with Crippen molar-refractivity contribution in [3.05, 3.63) is 86.7 Å². The van der Waals surface area contributed by atoms with Crippen LogP contribution in [0.25, 0.3) is 16.9 Å². The van der Waals surface area contributed by atoms with Crippen molar-refractivity contribution >= 4 is 16.9 Å². The summed E-state index contributed by atoms with van der Waals surface area (Å²) in [4.78, 5) is 27.3. The molecule has 0 unspecified atom stereocenters. The molecule has 0 saturated heterocycles. The molecule has 0 N–H and O–H groups in total. The van der Waals surface area contributed by atoms with Crippen LogP contribution in [0, 0.1) is 15.9 Å². The Hall–Kier alpha value is -3.95. The van der Waals surface area contributed by atoms with Crippen molar-refractivity contribution in [2.75, 3.05) is 0 Å². The minimum atomic E-state index is -0.774. The maximum absolute atomic E-state index is 14.1. The lowest BCUT2D eigenvalue weighted by Crippen LogP contribution is -2.22. The van der Waals surface area contributed by atoms with Crippen LogP contribution in [0.2, 0.25) is 0 Å². The van der Waals surface area contributed by atoms with E-state index in [0.29, 0.717) is 5.69 Å². The normalized spacial score (nSPS) is 11.0. The smallest absolute Gasteiger partial charge is 0.283 e. The summed E-state index contributed by atoms with van der Waals surface area (Å²) in [5.74, 6) is -0.774. The molecule has 0 amide bonds. The van der Waals surface area contributed by atoms with E-state index in [9.17, 15) is 19.3 Å². The zero-order valence-electron chi connectivity index (χ0n) is 13.7. The van der Waals surface area contributed by atoms with E-state index in [1.807, 2.05) is 6.07 Å². The van der Waals surface area contributed by atoms with Crippen LogP contribution in [-0.4, -0.2) is 29.5 Å². The Bertz CT molecular complexity index is 1220. The molecule has 0 spiro atoms. The first-order chi connectivity index (χ1) is 13.1. The third-order valence-electron chi connectivity index (χ3n) is 4.05. The third-order valence-corrected chi connectivity index (χ3v) is 4.05. The second-order valence-electron chi connectivity index (χ2n) is 5.68. The van der Waals surface area contributed by atoms with E-state index in [1.165, 1.54) is 23.1 Å². The molecule has 10 heteroatoms. The number of rotatable bonds is 4. The largest absolute Gasteiger partial charge is 0.292 e. The van der Waals surface area contributed by atoms with Gasteiger partial charge < -0.3 is 0 Å². The second kappa shape index (κ2) is 6.41. The van der Waals surface area contributed by atoms with Crippen molar-refractivity contribution in [3.8, 4) is 5.69 Å². The number of benzene rings is 2. The molecule has 2 aromatic heterocycles. The van der Waals surface area contributed by atoms with Crippen molar-refractivity contribution in [1.29, 1.82) is 0 Å². The van der Waals surface area contributed by atoms with Crippen LogP contribution in [0.15, 0.2) is 59.7 Å². The molecule has 4 aromatic rings. The highest BCUT2D eigenvalue weighted by atomic mass is 19.1. The first-order valence-electron chi connectivity index (χ1n) is 7.84. The Labute approximate surface area is 150 Å². The standard InChI is InChI=1S/C17H11FN6O3/c18-13-7-4-8-14(24(26)27)12(13)9-22-10-19-16-15(17(22)25)20-21-23(16)11-5-2-1-3-6-11/h1-8,10H,9H2. The van der Waals surface area contributed by atoms with Crippen LogP contribution < -0.4 is 5.56 Å². The molecule has 0 saturated carbocycles. The van der Waals surface area contributed by atoms with Crippen LogP contribution in [-0.2, 0) is 6.54 Å². The molecular weight excluding hydrogens is 355 g/mol. The molecule has 0 aliphatic carbocycles. The maximum atomic E-state index is 14.1. The number of hydrogen-bond acceptors (Lipinski definition) is 6. The van der Waals surface area contributed by atoms with Gasteiger partial charge in [-0.05, 0) is 18.2 Å². The highest BCUT2D eigenvalue weighted by Crippen LogP contribution is 2.22. The Morgan fingerprint density at radius 2 is 1.89 bits per heavy atom. The minimum absolute atomic E-state index is 0.0136. The Balaban J connectivity index is 1.81. The quantitative estimate of drug-likeness (QED) is 0.404. The van der Waals surface area contributed by atoms with E-state index in [-0.39, 0.29) is 23.3 Å². The fraction of sp³-hybridized carbons (Fsp3) is 0.0588. The minimum Gasteiger partial charge on any atom is -0.292 e. The average Bonchev–Trinajstić information content (AvgIpc) is 3.10. The predicted molar refractivity (Wildman–Crippen MR) is 93.1 cm³/mol. The van der Waals surface area contributed by atoms with Gasteiger partial charge >= 0.3 is 0 Å². The number of nitro groups is 1. The number of hydrogen-bond donors (Lipinski definition) is 0. The van der Waals surface area contributed by atoms with Gasteiger partial charge in [-0.25, -0.2) is 9.37 Å². The molecule has 134 valence electrons. The molecule has 0 radical (unpaired) electrons. The van der Waals surface area contributed by atoms with Gasteiger partial charge in [0.05, 0.1) is 22.7 Å². The highest BCUT2D eigenvalue weighted by molar-refractivity contribution is 5.70. The van der Waals surface area contributed by atoms with Gasteiger partial charge in [-0.2, -0.15) is 4.68 Å². The van der Waals surface area contributed by atoms with Gasteiger partial charge in [0.25, 0.3) is 11.2 Å². The molecule has 9 nitrogen and oxygen atoms in total. The fourth-order valence-electron chi connectivity index (χ4n) is 2.74. The zero-order valence-corrected chi connectivity index (χ0v) is 13.7. The number of fused-ring (bicyclic) bond motifs is 1. The van der Waals surface area contributed by atoms with Crippen LogP contribution in [0.1, 0.15) is 5.56 Å².